The first-order chi connectivity index (χ1) is 27.1. The van der Waals surface area contributed by atoms with Crippen molar-refractivity contribution in [2.24, 2.45) is 0 Å². The molecule has 0 bridgehead atoms. The second-order valence-corrected chi connectivity index (χ2v) is 15.9. The van der Waals surface area contributed by atoms with Crippen molar-refractivity contribution in [2.45, 2.75) is 187 Å². The number of quaternary nitrogens is 1. The normalized spacial score (nSPS) is 13.5. The predicted octanol–water partition coefficient (Wildman–Crippen LogP) is 12.2. The highest BCUT2D eigenvalue weighted by atomic mass is 16.6. The van der Waals surface area contributed by atoms with Gasteiger partial charge in [0.15, 0.2) is 12.1 Å². The van der Waals surface area contributed by atoms with Crippen molar-refractivity contribution in [3.63, 3.8) is 0 Å². The maximum atomic E-state index is 12.6. The first-order valence-electron chi connectivity index (χ1n) is 22.3. The summed E-state index contributed by atoms with van der Waals surface area (Å²) in [5.41, 5.74) is 0. The van der Waals surface area contributed by atoms with Gasteiger partial charge in [0.05, 0.1) is 34.4 Å². The van der Waals surface area contributed by atoms with E-state index in [-0.39, 0.29) is 42.7 Å². The third-order valence-electron chi connectivity index (χ3n) is 9.65. The SMILES string of the molecule is CC/C=C/C/C=C/C/C=C/C/C=C/CCCCCCCCCCCCC(=O)OCC(COCCC(C(=O)O)[N+](C)(C)C)OC(=O)CCC/C=C/CCCCCC. The van der Waals surface area contributed by atoms with E-state index < -0.39 is 18.1 Å². The lowest BCUT2D eigenvalue weighted by molar-refractivity contribution is -0.887. The van der Waals surface area contributed by atoms with E-state index in [1.54, 1.807) is 0 Å². The van der Waals surface area contributed by atoms with Crippen LogP contribution in [0.3, 0.4) is 0 Å². The molecule has 2 atom stereocenters. The van der Waals surface area contributed by atoms with Crippen molar-refractivity contribution in [3.8, 4) is 0 Å². The highest BCUT2D eigenvalue weighted by Gasteiger charge is 2.31. The Hall–Kier alpha value is -2.97. The summed E-state index contributed by atoms with van der Waals surface area (Å²) in [5, 5.41) is 9.60. The standard InChI is InChI=1S/C48H83NO7/c1-6-8-10-12-14-16-17-18-19-20-21-22-23-24-25-26-27-28-29-31-32-34-36-38-46(50)55-43-44(42-54-41-40-45(48(52)53)49(3,4)5)56-47(51)39-37-35-33-30-15-13-11-9-7-2/h8,10,14,16,18-19,21-22,30,33,44-45H,6-7,9,11-13,15,17,20,23-29,31-32,34-43H2,1-5H3/p+1/b10-8+,16-14+,19-18+,22-21+,33-30+. The summed E-state index contributed by atoms with van der Waals surface area (Å²) in [5.74, 6) is -1.52. The number of allylic oxidation sites excluding steroid dienone is 10. The molecule has 0 radical (unpaired) electrons. The summed E-state index contributed by atoms with van der Waals surface area (Å²) in [4.78, 5) is 36.8. The highest BCUT2D eigenvalue weighted by Crippen LogP contribution is 2.14. The van der Waals surface area contributed by atoms with Crippen molar-refractivity contribution in [1.29, 1.82) is 0 Å². The first kappa shape index (κ1) is 53.0. The summed E-state index contributed by atoms with van der Waals surface area (Å²) < 4.78 is 17.2. The molecule has 8 nitrogen and oxygen atoms in total. The minimum Gasteiger partial charge on any atom is -0.477 e. The minimum atomic E-state index is -0.882. The lowest BCUT2D eigenvalue weighted by atomic mass is 10.1. The fourth-order valence-electron chi connectivity index (χ4n) is 6.20. The molecule has 0 rings (SSSR count). The molecule has 0 fully saturated rings. The topological polar surface area (TPSA) is 99.1 Å². The summed E-state index contributed by atoms with van der Waals surface area (Å²) in [6.07, 6.45) is 47.1. The number of hydrogen-bond donors (Lipinski definition) is 1. The van der Waals surface area contributed by atoms with Crippen molar-refractivity contribution in [2.75, 3.05) is 41.0 Å². The molecule has 0 amide bonds. The lowest BCUT2D eigenvalue weighted by Gasteiger charge is -2.31. The molecule has 0 aromatic heterocycles. The molecule has 0 saturated carbocycles. The molecule has 0 aromatic rings. The minimum absolute atomic E-state index is 0.0471. The Bertz CT molecular complexity index is 1100. The van der Waals surface area contributed by atoms with E-state index in [4.69, 9.17) is 14.2 Å². The van der Waals surface area contributed by atoms with Crippen molar-refractivity contribution < 1.29 is 38.2 Å². The Kier molecular flexibility index (Phi) is 36.8. The number of aliphatic carboxylic acids is 1. The Morgan fingerprint density at radius 2 is 1.02 bits per heavy atom. The van der Waals surface area contributed by atoms with E-state index in [0.29, 0.717) is 19.3 Å². The molecule has 0 spiro atoms. The van der Waals surface area contributed by atoms with E-state index in [1.165, 1.54) is 77.0 Å². The van der Waals surface area contributed by atoms with Crippen LogP contribution in [0.25, 0.3) is 0 Å². The third kappa shape index (κ3) is 36.7. The molecule has 0 aliphatic heterocycles. The molecule has 2 unspecified atom stereocenters. The fraction of sp³-hybridized carbons (Fsp3) is 0.729. The molecule has 0 aliphatic rings. The molecule has 0 aromatic carbocycles. The van der Waals surface area contributed by atoms with Crippen LogP contribution < -0.4 is 0 Å². The van der Waals surface area contributed by atoms with Crippen molar-refractivity contribution in [3.05, 3.63) is 60.8 Å². The number of carboxylic acid groups (broad SMARTS) is 1. The van der Waals surface area contributed by atoms with Gasteiger partial charge in [0.1, 0.15) is 6.61 Å². The number of esters is 2. The summed E-state index contributed by atoms with van der Waals surface area (Å²) in [6.45, 7) is 4.54. The maximum absolute atomic E-state index is 12.6. The lowest BCUT2D eigenvalue weighted by Crippen LogP contribution is -2.50. The Morgan fingerprint density at radius 3 is 1.55 bits per heavy atom. The molecule has 322 valence electrons. The monoisotopic (exact) mass is 787 g/mol. The van der Waals surface area contributed by atoms with Gasteiger partial charge in [0.25, 0.3) is 0 Å². The van der Waals surface area contributed by atoms with E-state index in [1.807, 2.05) is 21.1 Å². The van der Waals surface area contributed by atoms with Crippen LogP contribution >= 0.6 is 0 Å². The van der Waals surface area contributed by atoms with Crippen LogP contribution in [0, 0.1) is 0 Å². The Morgan fingerprint density at radius 1 is 0.554 bits per heavy atom. The molecular weight excluding hydrogens is 703 g/mol. The van der Waals surface area contributed by atoms with Crippen molar-refractivity contribution in [1.82, 2.24) is 0 Å². The van der Waals surface area contributed by atoms with Gasteiger partial charge in [-0.3, -0.25) is 9.59 Å². The van der Waals surface area contributed by atoms with Crippen LogP contribution in [0.4, 0.5) is 0 Å². The number of carbonyl (C=O) groups is 3. The number of carboxylic acids is 1. The van der Waals surface area contributed by atoms with E-state index >= 15 is 0 Å². The van der Waals surface area contributed by atoms with Gasteiger partial charge in [0, 0.05) is 19.3 Å². The smallest absolute Gasteiger partial charge is 0.362 e. The van der Waals surface area contributed by atoms with Crippen LogP contribution in [-0.4, -0.2) is 80.6 Å². The average molecular weight is 787 g/mol. The number of unbranched alkanes of at least 4 members (excludes halogenated alkanes) is 15. The van der Waals surface area contributed by atoms with Gasteiger partial charge in [-0.2, -0.15) is 0 Å². The molecule has 1 N–H and O–H groups in total. The van der Waals surface area contributed by atoms with Gasteiger partial charge in [-0.25, -0.2) is 4.79 Å². The predicted molar refractivity (Wildman–Crippen MR) is 234 cm³/mol. The van der Waals surface area contributed by atoms with Gasteiger partial charge >= 0.3 is 17.9 Å². The number of hydrogen-bond acceptors (Lipinski definition) is 6. The number of carbonyl (C=O) groups excluding carboxylic acids is 2. The molecular formula is C48H84NO7+. The van der Waals surface area contributed by atoms with E-state index in [9.17, 15) is 19.5 Å². The average Bonchev–Trinajstić information content (AvgIpc) is 3.15. The van der Waals surface area contributed by atoms with Gasteiger partial charge in [0.2, 0.25) is 0 Å². The first-order valence-corrected chi connectivity index (χ1v) is 22.3. The largest absolute Gasteiger partial charge is 0.477 e. The molecule has 0 saturated heterocycles. The molecule has 56 heavy (non-hydrogen) atoms. The Labute approximate surface area is 343 Å². The van der Waals surface area contributed by atoms with Crippen molar-refractivity contribution >= 4 is 17.9 Å². The van der Waals surface area contributed by atoms with Crippen LogP contribution in [0.1, 0.15) is 174 Å². The number of ether oxygens (including phenoxy) is 3. The zero-order chi connectivity index (χ0) is 41.4. The molecule has 8 heteroatoms. The molecule has 0 heterocycles. The highest BCUT2D eigenvalue weighted by molar-refractivity contribution is 5.72. The number of rotatable bonds is 39. The number of nitrogens with zero attached hydrogens (tertiary/aromatic N) is 1. The zero-order valence-corrected chi connectivity index (χ0v) is 36.6. The van der Waals surface area contributed by atoms with Gasteiger partial charge in [-0.15, -0.1) is 0 Å². The van der Waals surface area contributed by atoms with Gasteiger partial charge < -0.3 is 23.8 Å². The summed E-state index contributed by atoms with van der Waals surface area (Å²) in [7, 11) is 5.51. The van der Waals surface area contributed by atoms with Gasteiger partial charge in [-0.05, 0) is 70.6 Å². The molecule has 0 aliphatic carbocycles. The Balaban J connectivity index is 4.20. The van der Waals surface area contributed by atoms with Gasteiger partial charge in [-0.1, -0.05) is 145 Å². The second-order valence-electron chi connectivity index (χ2n) is 15.9. The van der Waals surface area contributed by atoms with Crippen LogP contribution in [0.5, 0.6) is 0 Å². The van der Waals surface area contributed by atoms with Crippen LogP contribution in [-0.2, 0) is 28.6 Å². The summed E-state index contributed by atoms with van der Waals surface area (Å²) in [6, 6.07) is -0.619. The summed E-state index contributed by atoms with van der Waals surface area (Å²) >= 11 is 0. The van der Waals surface area contributed by atoms with Crippen LogP contribution in [0.15, 0.2) is 60.8 Å². The number of likely N-dealkylation sites (N-methyl/N-ethyl adjacent to an activating group) is 1. The zero-order valence-electron chi connectivity index (χ0n) is 36.6. The third-order valence-corrected chi connectivity index (χ3v) is 9.65. The fourth-order valence-corrected chi connectivity index (χ4v) is 6.20. The quantitative estimate of drug-likeness (QED) is 0.0287. The van der Waals surface area contributed by atoms with Crippen LogP contribution in [0.2, 0.25) is 0 Å². The van der Waals surface area contributed by atoms with E-state index in [0.717, 1.165) is 57.8 Å². The maximum Gasteiger partial charge on any atom is 0.362 e. The second kappa shape index (κ2) is 38.9. The van der Waals surface area contributed by atoms with E-state index in [2.05, 4.69) is 74.6 Å².